The number of carbonyl (C=O) groups is 2. The Morgan fingerprint density at radius 1 is 0.884 bits per heavy atom. The normalized spacial score (nSPS) is 11.9. The molecule has 6 nitrogen and oxygen atoms in total. The maximum atomic E-state index is 14.1. The lowest BCUT2D eigenvalue weighted by molar-refractivity contribution is -0.122. The number of benzene rings is 3. The van der Waals surface area contributed by atoms with E-state index in [1.54, 1.807) is 11.8 Å². The quantitative estimate of drug-likeness (QED) is 0.150. The highest BCUT2D eigenvalue weighted by Gasteiger charge is 2.23. The Hall–Kier alpha value is -3.68. The van der Waals surface area contributed by atoms with Crippen molar-refractivity contribution in [1.29, 1.82) is 0 Å². The van der Waals surface area contributed by atoms with Gasteiger partial charge in [-0.25, -0.2) is 4.98 Å². The molecule has 0 spiro atoms. The molecule has 1 aromatic heterocycles. The molecule has 2 amide bonds. The van der Waals surface area contributed by atoms with Gasteiger partial charge in [-0.15, -0.1) is 0 Å². The highest BCUT2D eigenvalue weighted by atomic mass is 32.2. The molecular weight excluding hydrogens is 552 g/mol. The number of thioether (sulfide) groups is 1. The van der Waals surface area contributed by atoms with Gasteiger partial charge >= 0.3 is 0 Å². The molecule has 0 radical (unpaired) electrons. The van der Waals surface area contributed by atoms with Crippen LogP contribution in [-0.4, -0.2) is 59.7 Å². The second kappa shape index (κ2) is 16.8. The van der Waals surface area contributed by atoms with E-state index in [0.717, 1.165) is 66.8 Å². The van der Waals surface area contributed by atoms with Gasteiger partial charge < -0.3 is 15.5 Å². The number of aryl methyl sites for hydroxylation is 1. The van der Waals surface area contributed by atoms with Gasteiger partial charge in [0.15, 0.2) is 0 Å². The van der Waals surface area contributed by atoms with Crippen molar-refractivity contribution >= 4 is 34.5 Å². The minimum absolute atomic E-state index is 0.161. The Kier molecular flexibility index (Phi) is 12.6. The molecule has 4 rings (SSSR count). The van der Waals surface area contributed by atoms with Gasteiger partial charge in [-0.2, -0.15) is 11.8 Å². The van der Waals surface area contributed by atoms with Crippen LogP contribution in [0.1, 0.15) is 55.1 Å². The zero-order chi connectivity index (χ0) is 30.4. The molecule has 1 atom stereocenters. The van der Waals surface area contributed by atoms with Gasteiger partial charge in [0.2, 0.25) is 5.91 Å². The molecule has 1 heterocycles. The van der Waals surface area contributed by atoms with E-state index in [4.69, 9.17) is 4.98 Å². The molecule has 0 aliphatic carbocycles. The van der Waals surface area contributed by atoms with Gasteiger partial charge in [0, 0.05) is 35.5 Å². The van der Waals surface area contributed by atoms with E-state index in [2.05, 4.69) is 60.6 Å². The van der Waals surface area contributed by atoms with Crippen LogP contribution in [0, 0.1) is 0 Å². The van der Waals surface area contributed by atoms with Crippen molar-refractivity contribution in [3.05, 3.63) is 102 Å². The summed E-state index contributed by atoms with van der Waals surface area (Å²) in [5.74, 6) is 0.804. The van der Waals surface area contributed by atoms with Crippen LogP contribution in [0.25, 0.3) is 22.2 Å². The first-order valence-electron chi connectivity index (χ1n) is 15.4. The fourth-order valence-corrected chi connectivity index (χ4v) is 6.06. The van der Waals surface area contributed by atoms with Gasteiger partial charge in [0.1, 0.15) is 6.04 Å². The molecule has 226 valence electrons. The number of carbonyl (C=O) groups excluding carboxylic acids is 2. The molecule has 4 aromatic rings. The Labute approximate surface area is 260 Å². The van der Waals surface area contributed by atoms with Crippen LogP contribution < -0.4 is 10.6 Å². The summed E-state index contributed by atoms with van der Waals surface area (Å²) < 4.78 is 0. The van der Waals surface area contributed by atoms with E-state index in [1.807, 2.05) is 60.7 Å². The van der Waals surface area contributed by atoms with Crippen molar-refractivity contribution in [3.8, 4) is 11.3 Å². The predicted octanol–water partition coefficient (Wildman–Crippen LogP) is 6.73. The largest absolute Gasteiger partial charge is 0.353 e. The van der Waals surface area contributed by atoms with E-state index >= 15 is 0 Å². The monoisotopic (exact) mass is 596 g/mol. The first-order chi connectivity index (χ1) is 21.0. The fourth-order valence-electron chi connectivity index (χ4n) is 5.04. The van der Waals surface area contributed by atoms with Crippen LogP contribution in [0.15, 0.2) is 84.9 Å². The number of nitrogens with one attached hydrogen (secondary N) is 2. The summed E-state index contributed by atoms with van der Waals surface area (Å²) >= 11 is 1.65. The van der Waals surface area contributed by atoms with Gasteiger partial charge in [-0.3, -0.25) is 9.59 Å². The van der Waals surface area contributed by atoms with Crippen LogP contribution in [0.4, 0.5) is 0 Å². The molecule has 0 aliphatic rings. The van der Waals surface area contributed by atoms with Crippen LogP contribution in [0.5, 0.6) is 0 Å². The molecule has 1 unspecified atom stereocenters. The number of rotatable bonds is 16. The Morgan fingerprint density at radius 2 is 1.60 bits per heavy atom. The number of hydrogen-bond acceptors (Lipinski definition) is 5. The Morgan fingerprint density at radius 3 is 2.30 bits per heavy atom. The first kappa shape index (κ1) is 32.2. The SMILES string of the molecule is CCCCc1ccc2nc(-c3ccccc3)cc(C(=O)NC(CSCc3ccccc3)C(=O)NCCN(CC)CC)c2c1. The van der Waals surface area contributed by atoms with E-state index in [9.17, 15) is 9.59 Å². The van der Waals surface area contributed by atoms with E-state index in [1.165, 1.54) is 11.1 Å². The minimum Gasteiger partial charge on any atom is -0.353 e. The third kappa shape index (κ3) is 9.40. The number of amides is 2. The number of likely N-dealkylation sites (N-methyl/N-ethyl adjacent to an activating group) is 1. The Bertz CT molecular complexity index is 1460. The van der Waals surface area contributed by atoms with E-state index in [-0.39, 0.29) is 11.8 Å². The summed E-state index contributed by atoms with van der Waals surface area (Å²) in [6.45, 7) is 9.57. The molecule has 0 fully saturated rings. The number of aromatic nitrogens is 1. The number of nitrogens with zero attached hydrogens (tertiary/aromatic N) is 2. The molecule has 0 saturated carbocycles. The van der Waals surface area contributed by atoms with Crippen molar-refractivity contribution in [2.45, 2.75) is 51.8 Å². The van der Waals surface area contributed by atoms with Crippen LogP contribution >= 0.6 is 11.8 Å². The summed E-state index contributed by atoms with van der Waals surface area (Å²) in [6.07, 6.45) is 3.13. The minimum atomic E-state index is -0.676. The molecule has 0 aliphatic heterocycles. The van der Waals surface area contributed by atoms with E-state index in [0.29, 0.717) is 17.9 Å². The summed E-state index contributed by atoms with van der Waals surface area (Å²) in [4.78, 5) is 34.7. The maximum absolute atomic E-state index is 14.1. The molecule has 3 aromatic carbocycles. The second-order valence-electron chi connectivity index (χ2n) is 10.7. The topological polar surface area (TPSA) is 74.3 Å². The molecule has 43 heavy (non-hydrogen) atoms. The lowest BCUT2D eigenvalue weighted by Gasteiger charge is -2.21. The molecule has 2 N–H and O–H groups in total. The Balaban J connectivity index is 1.61. The fraction of sp³-hybridized carbons (Fsp3) is 0.361. The predicted molar refractivity (Wildman–Crippen MR) is 180 cm³/mol. The average Bonchev–Trinajstić information content (AvgIpc) is 3.05. The molecule has 0 saturated heterocycles. The first-order valence-corrected chi connectivity index (χ1v) is 16.6. The highest BCUT2D eigenvalue weighted by Crippen LogP contribution is 2.27. The van der Waals surface area contributed by atoms with Crippen molar-refractivity contribution < 1.29 is 9.59 Å². The van der Waals surface area contributed by atoms with Crippen LogP contribution in [0.3, 0.4) is 0 Å². The second-order valence-corrected chi connectivity index (χ2v) is 11.8. The zero-order valence-electron chi connectivity index (χ0n) is 25.6. The number of fused-ring (bicyclic) bond motifs is 1. The standard InChI is InChI=1S/C36H44N4O2S/c1-4-7-14-27-19-20-32-30(23-27)31(24-33(38-32)29-17-12-9-13-18-29)35(41)39-34(26-43-25-28-15-10-8-11-16-28)36(42)37-21-22-40(5-2)6-3/h8-13,15-20,23-24,34H,4-7,14,21-22,25-26H2,1-3H3,(H,37,42)(H,39,41). The zero-order valence-corrected chi connectivity index (χ0v) is 26.5. The van der Waals surface area contributed by atoms with Crippen molar-refractivity contribution in [1.82, 2.24) is 20.5 Å². The van der Waals surface area contributed by atoms with Crippen molar-refractivity contribution in [3.63, 3.8) is 0 Å². The smallest absolute Gasteiger partial charge is 0.252 e. The summed E-state index contributed by atoms with van der Waals surface area (Å²) in [5, 5.41) is 6.99. The number of unbranched alkanes of at least 4 members (excludes halogenated alkanes) is 1. The van der Waals surface area contributed by atoms with Gasteiger partial charge in [-0.1, -0.05) is 93.9 Å². The maximum Gasteiger partial charge on any atom is 0.252 e. The third-order valence-electron chi connectivity index (χ3n) is 7.65. The van der Waals surface area contributed by atoms with Crippen molar-refractivity contribution in [2.75, 3.05) is 31.9 Å². The van der Waals surface area contributed by atoms with Gasteiger partial charge in [-0.05, 0) is 55.3 Å². The van der Waals surface area contributed by atoms with Crippen LogP contribution in [-0.2, 0) is 17.0 Å². The lowest BCUT2D eigenvalue weighted by Crippen LogP contribution is -2.49. The summed E-state index contributed by atoms with van der Waals surface area (Å²) in [7, 11) is 0. The average molecular weight is 597 g/mol. The number of hydrogen-bond donors (Lipinski definition) is 2. The molecule has 0 bridgehead atoms. The number of pyridine rings is 1. The molecule has 7 heteroatoms. The highest BCUT2D eigenvalue weighted by molar-refractivity contribution is 7.98. The van der Waals surface area contributed by atoms with Gasteiger partial charge in [0.05, 0.1) is 16.8 Å². The summed E-state index contributed by atoms with van der Waals surface area (Å²) in [6, 6.07) is 27.5. The lowest BCUT2D eigenvalue weighted by atomic mass is 9.99. The van der Waals surface area contributed by atoms with Gasteiger partial charge in [0.25, 0.3) is 5.91 Å². The van der Waals surface area contributed by atoms with E-state index < -0.39 is 6.04 Å². The molecular formula is C36H44N4O2S. The third-order valence-corrected chi connectivity index (χ3v) is 8.75. The van der Waals surface area contributed by atoms with Crippen molar-refractivity contribution in [2.24, 2.45) is 0 Å². The summed E-state index contributed by atoms with van der Waals surface area (Å²) in [5.41, 5.74) is 5.35. The van der Waals surface area contributed by atoms with Crippen LogP contribution in [0.2, 0.25) is 0 Å².